The van der Waals surface area contributed by atoms with Crippen LogP contribution in [0.5, 0.6) is 5.75 Å². The van der Waals surface area contributed by atoms with Crippen LogP contribution in [0.4, 0.5) is 0 Å². The highest BCUT2D eigenvalue weighted by Gasteiger charge is 2.10. The summed E-state index contributed by atoms with van der Waals surface area (Å²) in [6.07, 6.45) is 0. The van der Waals surface area contributed by atoms with Crippen LogP contribution in [0, 0.1) is 6.92 Å². The molecule has 2 N–H and O–H groups in total. The van der Waals surface area contributed by atoms with Crippen LogP contribution in [0.25, 0.3) is 0 Å². The predicted molar refractivity (Wildman–Crippen MR) is 135 cm³/mol. The third-order valence-corrected chi connectivity index (χ3v) is 5.02. The number of nitrogens with one attached hydrogen (secondary N) is 2. The molecule has 0 spiro atoms. The molecule has 0 aliphatic rings. The maximum Gasteiger partial charge on any atom is 0.192 e. The minimum atomic E-state index is 0. The van der Waals surface area contributed by atoms with Crippen molar-refractivity contribution in [1.29, 1.82) is 0 Å². The molecule has 166 valence electrons. The van der Waals surface area contributed by atoms with Crippen molar-refractivity contribution >= 4 is 41.5 Å². The molecule has 0 bridgehead atoms. The summed E-state index contributed by atoms with van der Waals surface area (Å²) in [5.74, 6) is 3.00. The monoisotopic (exact) mass is 554 g/mol. The van der Waals surface area contributed by atoms with E-state index in [0.717, 1.165) is 11.6 Å². The van der Waals surface area contributed by atoms with Gasteiger partial charge in [0, 0.05) is 7.05 Å². The number of aryl methyl sites for hydroxylation is 1. The third-order valence-electron chi connectivity index (χ3n) is 4.70. The Morgan fingerprint density at radius 3 is 2.52 bits per heavy atom. The van der Waals surface area contributed by atoms with E-state index in [0.29, 0.717) is 36.4 Å². The molecule has 1 atom stereocenters. The van der Waals surface area contributed by atoms with Gasteiger partial charge in [-0.2, -0.15) is 0 Å². The highest BCUT2D eigenvalue weighted by atomic mass is 127. The van der Waals surface area contributed by atoms with Gasteiger partial charge < -0.3 is 19.9 Å². The molecule has 31 heavy (non-hydrogen) atoms. The zero-order valence-electron chi connectivity index (χ0n) is 17.9. The van der Waals surface area contributed by atoms with Gasteiger partial charge in [-0.05, 0) is 31.5 Å². The Morgan fingerprint density at radius 1 is 1.13 bits per heavy atom. The van der Waals surface area contributed by atoms with Crippen molar-refractivity contribution in [2.75, 3.05) is 13.2 Å². The maximum absolute atomic E-state index is 6.14. The summed E-state index contributed by atoms with van der Waals surface area (Å²) in [4.78, 5) is 4.69. The average Bonchev–Trinajstić information content (AvgIpc) is 3.08. The van der Waals surface area contributed by atoms with Crippen molar-refractivity contribution in [1.82, 2.24) is 25.4 Å². The van der Waals surface area contributed by atoms with Crippen molar-refractivity contribution in [3.8, 4) is 5.75 Å². The summed E-state index contributed by atoms with van der Waals surface area (Å²) in [6, 6.07) is 17.7. The third kappa shape index (κ3) is 7.39. The molecule has 2 aromatic carbocycles. The van der Waals surface area contributed by atoms with E-state index >= 15 is 0 Å². The van der Waals surface area contributed by atoms with Crippen molar-refractivity contribution in [2.24, 2.45) is 12.0 Å². The summed E-state index contributed by atoms with van der Waals surface area (Å²) >= 11 is 6.14. The fourth-order valence-corrected chi connectivity index (χ4v) is 3.00. The van der Waals surface area contributed by atoms with Crippen molar-refractivity contribution in [2.45, 2.75) is 26.4 Å². The number of benzene rings is 2. The molecule has 0 fully saturated rings. The number of aromatic nitrogens is 3. The quantitative estimate of drug-likeness (QED) is 0.188. The second-order valence-corrected chi connectivity index (χ2v) is 7.28. The van der Waals surface area contributed by atoms with Gasteiger partial charge in [0.05, 0.1) is 17.6 Å². The number of hydrogen-bond donors (Lipinski definition) is 2. The number of halogens is 2. The number of para-hydroxylation sites is 1. The molecule has 0 saturated carbocycles. The fraction of sp³-hybridized carbons (Fsp3) is 0.318. The van der Waals surface area contributed by atoms with Crippen LogP contribution in [-0.2, 0) is 13.6 Å². The Bertz CT molecular complexity index is 979. The van der Waals surface area contributed by atoms with Gasteiger partial charge in [-0.1, -0.05) is 54.1 Å². The van der Waals surface area contributed by atoms with Gasteiger partial charge >= 0.3 is 0 Å². The second-order valence-electron chi connectivity index (χ2n) is 6.87. The van der Waals surface area contributed by atoms with E-state index in [1.807, 2.05) is 61.0 Å². The first-order chi connectivity index (χ1) is 14.5. The Kier molecular flexibility index (Phi) is 10.1. The molecule has 0 saturated heterocycles. The lowest BCUT2D eigenvalue weighted by molar-refractivity contribution is 0.322. The molecule has 0 aliphatic carbocycles. The second kappa shape index (κ2) is 12.5. The summed E-state index contributed by atoms with van der Waals surface area (Å²) in [7, 11) is 1.94. The van der Waals surface area contributed by atoms with Crippen molar-refractivity contribution < 1.29 is 4.74 Å². The number of hydrogen-bond acceptors (Lipinski definition) is 4. The van der Waals surface area contributed by atoms with Gasteiger partial charge in [0.25, 0.3) is 0 Å². The first kappa shape index (κ1) is 24.9. The lowest BCUT2D eigenvalue weighted by Crippen LogP contribution is -2.40. The van der Waals surface area contributed by atoms with Gasteiger partial charge in [-0.15, -0.1) is 34.2 Å². The first-order valence-electron chi connectivity index (χ1n) is 9.86. The topological polar surface area (TPSA) is 76.4 Å². The van der Waals surface area contributed by atoms with Crippen LogP contribution in [0.15, 0.2) is 59.6 Å². The van der Waals surface area contributed by atoms with Crippen LogP contribution < -0.4 is 15.4 Å². The zero-order chi connectivity index (χ0) is 21.3. The fourth-order valence-electron chi connectivity index (χ4n) is 2.81. The van der Waals surface area contributed by atoms with Gasteiger partial charge in [0.1, 0.15) is 24.7 Å². The van der Waals surface area contributed by atoms with Crippen molar-refractivity contribution in [3.05, 3.63) is 76.8 Å². The van der Waals surface area contributed by atoms with Gasteiger partial charge in [-0.3, -0.25) is 0 Å². The van der Waals surface area contributed by atoms with E-state index < -0.39 is 0 Å². The number of aliphatic imine (C=N–C) groups is 1. The summed E-state index contributed by atoms with van der Waals surface area (Å²) in [5.41, 5.74) is 1.17. The van der Waals surface area contributed by atoms with Crippen LogP contribution >= 0.6 is 35.6 Å². The number of rotatable bonds is 8. The highest BCUT2D eigenvalue weighted by Crippen LogP contribution is 2.22. The Balaban J connectivity index is 0.00000341. The number of ether oxygens (including phenoxy) is 1. The molecule has 0 amide bonds. The van der Waals surface area contributed by atoms with Gasteiger partial charge in [0.15, 0.2) is 11.8 Å². The molecule has 1 heterocycles. The normalized spacial score (nSPS) is 12.1. The molecule has 1 aromatic heterocycles. The Labute approximate surface area is 205 Å². The first-order valence-corrected chi connectivity index (χ1v) is 10.2. The summed E-state index contributed by atoms with van der Waals surface area (Å²) < 4.78 is 7.69. The largest absolute Gasteiger partial charge is 0.490 e. The van der Waals surface area contributed by atoms with E-state index in [1.54, 1.807) is 0 Å². The lowest BCUT2D eigenvalue weighted by Gasteiger charge is -2.19. The summed E-state index contributed by atoms with van der Waals surface area (Å²) in [5, 5.41) is 15.6. The maximum atomic E-state index is 6.14. The minimum Gasteiger partial charge on any atom is -0.490 e. The number of guanidine groups is 1. The SMILES string of the molecule is Cc1nnc(CN=C(NCCOc2ccccc2Cl)NC(C)c2ccccc2)n1C.I. The smallest absolute Gasteiger partial charge is 0.192 e. The lowest BCUT2D eigenvalue weighted by atomic mass is 10.1. The molecule has 9 heteroatoms. The van der Waals surface area contributed by atoms with E-state index in [2.05, 4.69) is 44.9 Å². The molecule has 7 nitrogen and oxygen atoms in total. The summed E-state index contributed by atoms with van der Waals surface area (Å²) in [6.45, 7) is 5.45. The minimum absolute atomic E-state index is 0. The highest BCUT2D eigenvalue weighted by molar-refractivity contribution is 14.0. The molecule has 1 unspecified atom stereocenters. The van der Waals surface area contributed by atoms with Crippen LogP contribution in [-0.4, -0.2) is 33.9 Å². The van der Waals surface area contributed by atoms with Gasteiger partial charge in [0.2, 0.25) is 0 Å². The molecule has 0 aliphatic heterocycles. The van der Waals surface area contributed by atoms with E-state index in [-0.39, 0.29) is 30.0 Å². The number of nitrogens with zero attached hydrogens (tertiary/aromatic N) is 4. The van der Waals surface area contributed by atoms with Crippen LogP contribution in [0.1, 0.15) is 30.2 Å². The van der Waals surface area contributed by atoms with E-state index in [1.165, 1.54) is 5.56 Å². The molecular weight excluding hydrogens is 527 g/mol. The van der Waals surface area contributed by atoms with Crippen molar-refractivity contribution in [3.63, 3.8) is 0 Å². The van der Waals surface area contributed by atoms with Gasteiger partial charge in [-0.25, -0.2) is 4.99 Å². The Hall–Kier alpha value is -2.33. The van der Waals surface area contributed by atoms with Crippen LogP contribution in [0.2, 0.25) is 5.02 Å². The molecule has 0 radical (unpaired) electrons. The zero-order valence-corrected chi connectivity index (χ0v) is 21.0. The van der Waals surface area contributed by atoms with E-state index in [9.17, 15) is 0 Å². The van der Waals surface area contributed by atoms with Crippen LogP contribution in [0.3, 0.4) is 0 Å². The standard InChI is InChI=1S/C22H27ClN6O.HI/c1-16(18-9-5-4-6-10-18)26-22(25-15-21-28-27-17(2)29(21)3)24-13-14-30-20-12-8-7-11-19(20)23;/h4-12,16H,13-15H2,1-3H3,(H2,24,25,26);1H. The average molecular weight is 555 g/mol. The predicted octanol–water partition coefficient (Wildman–Crippen LogP) is 4.27. The van der Waals surface area contributed by atoms with E-state index in [4.69, 9.17) is 16.3 Å². The molecule has 3 rings (SSSR count). The molecular formula is C22H28ClIN6O. The molecule has 3 aromatic rings. The Morgan fingerprint density at radius 2 is 1.84 bits per heavy atom.